The second kappa shape index (κ2) is 11.6. The van der Waals surface area contributed by atoms with E-state index in [4.69, 9.17) is 4.74 Å². The van der Waals surface area contributed by atoms with Gasteiger partial charge >= 0.3 is 6.03 Å². The summed E-state index contributed by atoms with van der Waals surface area (Å²) in [6.07, 6.45) is 3.35. The van der Waals surface area contributed by atoms with Crippen molar-refractivity contribution >= 4 is 34.4 Å². The van der Waals surface area contributed by atoms with Crippen LogP contribution in [0.5, 0.6) is 5.75 Å². The molecule has 1 saturated heterocycles. The molecule has 4 amide bonds. The number of methoxy groups -OCH3 is 1. The summed E-state index contributed by atoms with van der Waals surface area (Å²) in [4.78, 5) is 48.5. The van der Waals surface area contributed by atoms with Gasteiger partial charge in [0.05, 0.1) is 18.4 Å². The molecule has 1 fully saturated rings. The van der Waals surface area contributed by atoms with Gasteiger partial charge in [-0.1, -0.05) is 69.2 Å². The lowest BCUT2D eigenvalue weighted by Gasteiger charge is -2.36. The number of carbonyl (C=O) groups excluding carboxylic acids is 3. The number of nitrogens with zero attached hydrogens (tertiary/aromatic N) is 2. The van der Waals surface area contributed by atoms with Crippen LogP contribution >= 0.6 is 0 Å². The van der Waals surface area contributed by atoms with Gasteiger partial charge in [-0.15, -0.1) is 0 Å². The van der Waals surface area contributed by atoms with E-state index in [9.17, 15) is 14.4 Å². The quantitative estimate of drug-likeness (QED) is 0.219. The number of hydrogen-bond donors (Lipinski definition) is 2. The van der Waals surface area contributed by atoms with Crippen LogP contribution in [0.15, 0.2) is 72.8 Å². The Kier molecular flexibility index (Phi) is 7.69. The molecule has 3 heterocycles. The minimum atomic E-state index is -0.711. The molecule has 3 atom stereocenters. The maximum Gasteiger partial charge on any atom is 0.332 e. The van der Waals surface area contributed by atoms with Crippen LogP contribution in [0.1, 0.15) is 73.3 Å². The van der Waals surface area contributed by atoms with E-state index in [2.05, 4.69) is 24.1 Å². The van der Waals surface area contributed by atoms with Crippen molar-refractivity contribution in [1.82, 2.24) is 15.2 Å². The predicted molar refractivity (Wildman–Crippen MR) is 167 cm³/mol. The monoisotopic (exact) mass is 578 g/mol. The van der Waals surface area contributed by atoms with E-state index in [0.717, 1.165) is 47.0 Å². The standard InChI is InChI=1S/C35H38N4O4/c1-21(2)10-9-11-22(3)36-33(40)26-13-6-8-15-29(26)39-34(41)30-20-27-25-12-5-7-14-28(25)37-31(27)32(38(30)35(39)42)23-16-18-24(43-4)19-17-23/h5-8,12-19,21-22,30,32,37H,9-11,20H2,1-4H3,(H,36,40)/t22-,30+,32-/m1/s1. The van der Waals surface area contributed by atoms with Crippen molar-refractivity contribution in [1.29, 1.82) is 0 Å². The van der Waals surface area contributed by atoms with E-state index in [1.165, 1.54) is 4.90 Å². The molecule has 0 radical (unpaired) electrons. The molecule has 2 aliphatic heterocycles. The summed E-state index contributed by atoms with van der Waals surface area (Å²) in [6.45, 7) is 6.37. The smallest absolute Gasteiger partial charge is 0.332 e. The first kappa shape index (κ1) is 28.5. The third-order valence-corrected chi connectivity index (χ3v) is 8.67. The number of aromatic nitrogens is 1. The Morgan fingerprint density at radius 1 is 0.977 bits per heavy atom. The number of imide groups is 1. The van der Waals surface area contributed by atoms with Crippen LogP contribution in [0.25, 0.3) is 10.9 Å². The van der Waals surface area contributed by atoms with E-state index >= 15 is 0 Å². The SMILES string of the molecule is COc1ccc([C@@H]2c3[nH]c4ccccc4c3C[C@H]3C(=O)N(c4ccccc4C(=O)N[C@H](C)CCCC(C)C)C(=O)N23)cc1. The fraction of sp³-hybridized carbons (Fsp3) is 0.343. The molecule has 1 aromatic heterocycles. The van der Waals surface area contributed by atoms with Crippen molar-refractivity contribution in [2.45, 2.75) is 64.6 Å². The van der Waals surface area contributed by atoms with E-state index in [1.54, 1.807) is 36.3 Å². The average molecular weight is 579 g/mol. The number of aromatic amines is 1. The summed E-state index contributed by atoms with van der Waals surface area (Å²) in [5.41, 5.74) is 4.37. The minimum absolute atomic E-state index is 0.0339. The zero-order chi connectivity index (χ0) is 30.2. The summed E-state index contributed by atoms with van der Waals surface area (Å²) in [5, 5.41) is 4.13. The van der Waals surface area contributed by atoms with Crippen LogP contribution in [-0.4, -0.2) is 46.9 Å². The highest BCUT2D eigenvalue weighted by molar-refractivity contribution is 6.24. The summed E-state index contributed by atoms with van der Waals surface area (Å²) in [7, 11) is 1.61. The van der Waals surface area contributed by atoms with Gasteiger partial charge in [-0.25, -0.2) is 9.69 Å². The van der Waals surface area contributed by atoms with Crippen molar-refractivity contribution < 1.29 is 19.1 Å². The Balaban J connectivity index is 1.36. The van der Waals surface area contributed by atoms with E-state index < -0.39 is 18.1 Å². The number of ether oxygens (including phenoxy) is 1. The van der Waals surface area contributed by atoms with E-state index in [1.807, 2.05) is 55.5 Å². The fourth-order valence-electron chi connectivity index (χ4n) is 6.50. The number of carbonyl (C=O) groups is 3. The molecule has 2 aliphatic rings. The maximum absolute atomic E-state index is 14.3. The second-order valence-corrected chi connectivity index (χ2v) is 12.0. The lowest BCUT2D eigenvalue weighted by molar-refractivity contribution is -0.120. The van der Waals surface area contributed by atoms with Crippen molar-refractivity contribution in [3.63, 3.8) is 0 Å². The number of amides is 4. The summed E-state index contributed by atoms with van der Waals surface area (Å²) >= 11 is 0. The highest BCUT2D eigenvalue weighted by Gasteiger charge is 2.53. The van der Waals surface area contributed by atoms with Crippen LogP contribution in [-0.2, 0) is 11.2 Å². The molecule has 222 valence electrons. The van der Waals surface area contributed by atoms with E-state index in [0.29, 0.717) is 29.3 Å². The van der Waals surface area contributed by atoms with Gasteiger partial charge in [0, 0.05) is 29.1 Å². The van der Waals surface area contributed by atoms with Crippen LogP contribution in [0, 0.1) is 5.92 Å². The number of hydrogen-bond acceptors (Lipinski definition) is 4. The number of fused-ring (bicyclic) bond motifs is 4. The predicted octanol–water partition coefficient (Wildman–Crippen LogP) is 6.60. The van der Waals surface area contributed by atoms with Crippen LogP contribution < -0.4 is 15.0 Å². The number of H-pyrrole nitrogens is 1. The highest BCUT2D eigenvalue weighted by Crippen LogP contribution is 2.45. The van der Waals surface area contributed by atoms with Gasteiger partial charge in [0.2, 0.25) is 0 Å². The number of rotatable bonds is 9. The largest absolute Gasteiger partial charge is 0.497 e. The Bertz CT molecular complexity index is 1670. The topological polar surface area (TPSA) is 94.7 Å². The molecule has 0 unspecified atom stereocenters. The summed E-state index contributed by atoms with van der Waals surface area (Å²) in [6, 6.07) is 20.8. The molecule has 0 spiro atoms. The lowest BCUT2D eigenvalue weighted by atomic mass is 9.89. The fourth-order valence-corrected chi connectivity index (χ4v) is 6.50. The molecule has 0 aliphatic carbocycles. The van der Waals surface area contributed by atoms with Crippen molar-refractivity contribution in [3.8, 4) is 5.75 Å². The van der Waals surface area contributed by atoms with Crippen LogP contribution in [0.2, 0.25) is 0 Å². The summed E-state index contributed by atoms with van der Waals surface area (Å²) in [5.74, 6) is 0.693. The first-order chi connectivity index (χ1) is 20.8. The lowest BCUT2D eigenvalue weighted by Crippen LogP contribution is -2.44. The molecule has 43 heavy (non-hydrogen) atoms. The average Bonchev–Trinajstić information content (AvgIpc) is 3.50. The number of urea groups is 1. The molecule has 8 heteroatoms. The molecule has 0 bridgehead atoms. The molecule has 8 nitrogen and oxygen atoms in total. The Hall–Kier alpha value is -4.59. The maximum atomic E-state index is 14.3. The summed E-state index contributed by atoms with van der Waals surface area (Å²) < 4.78 is 5.38. The molecular formula is C35H38N4O4. The number of para-hydroxylation sites is 2. The first-order valence-corrected chi connectivity index (χ1v) is 15.1. The van der Waals surface area contributed by atoms with Gasteiger partial charge in [-0.05, 0) is 60.7 Å². The first-order valence-electron chi connectivity index (χ1n) is 15.1. The van der Waals surface area contributed by atoms with Crippen LogP contribution in [0.4, 0.5) is 10.5 Å². The van der Waals surface area contributed by atoms with Crippen molar-refractivity contribution in [3.05, 3.63) is 95.2 Å². The van der Waals surface area contributed by atoms with Gasteiger partial charge < -0.3 is 15.0 Å². The highest BCUT2D eigenvalue weighted by atomic mass is 16.5. The second-order valence-electron chi connectivity index (χ2n) is 12.0. The molecule has 3 aromatic carbocycles. The van der Waals surface area contributed by atoms with Gasteiger partial charge in [-0.2, -0.15) is 0 Å². The molecule has 2 N–H and O–H groups in total. The zero-order valence-corrected chi connectivity index (χ0v) is 25.1. The molecule has 6 rings (SSSR count). The minimum Gasteiger partial charge on any atom is -0.497 e. The molecule has 4 aromatic rings. The van der Waals surface area contributed by atoms with Gasteiger partial charge in [0.1, 0.15) is 17.8 Å². The number of benzene rings is 3. The number of nitrogens with one attached hydrogen (secondary N) is 2. The van der Waals surface area contributed by atoms with Gasteiger partial charge in [0.25, 0.3) is 11.8 Å². The Morgan fingerprint density at radius 3 is 2.44 bits per heavy atom. The zero-order valence-electron chi connectivity index (χ0n) is 25.1. The Labute approximate surface area is 252 Å². The van der Waals surface area contributed by atoms with Crippen LogP contribution in [0.3, 0.4) is 0 Å². The Morgan fingerprint density at radius 2 is 1.70 bits per heavy atom. The van der Waals surface area contributed by atoms with Gasteiger partial charge in [0.15, 0.2) is 0 Å². The third kappa shape index (κ3) is 5.15. The third-order valence-electron chi connectivity index (χ3n) is 8.67. The number of anilines is 1. The van der Waals surface area contributed by atoms with Gasteiger partial charge in [-0.3, -0.25) is 14.5 Å². The van der Waals surface area contributed by atoms with Crippen molar-refractivity contribution in [2.24, 2.45) is 5.92 Å². The normalized spacial score (nSPS) is 18.6. The van der Waals surface area contributed by atoms with E-state index in [-0.39, 0.29) is 17.9 Å². The molecule has 0 saturated carbocycles. The van der Waals surface area contributed by atoms with Crippen molar-refractivity contribution in [2.75, 3.05) is 12.0 Å². The molecular weight excluding hydrogens is 540 g/mol.